The molecule has 0 radical (unpaired) electrons. The first-order chi connectivity index (χ1) is 10.0. The molecule has 2 aromatic heterocycles. The molecule has 9 nitrogen and oxygen atoms in total. The van der Waals surface area contributed by atoms with E-state index in [-0.39, 0.29) is 17.8 Å². The van der Waals surface area contributed by atoms with Gasteiger partial charge in [0.2, 0.25) is 0 Å². The van der Waals surface area contributed by atoms with Gasteiger partial charge < -0.3 is 15.2 Å². The van der Waals surface area contributed by atoms with Crippen LogP contribution in [0.25, 0.3) is 0 Å². The number of hydrogen-bond acceptors (Lipinski definition) is 6. The minimum atomic E-state index is -0.625. The van der Waals surface area contributed by atoms with E-state index in [1.807, 2.05) is 0 Å². The van der Waals surface area contributed by atoms with Gasteiger partial charge in [-0.25, -0.2) is 9.97 Å². The molecule has 9 heteroatoms. The fourth-order valence-electron chi connectivity index (χ4n) is 1.79. The first-order valence-corrected chi connectivity index (χ1v) is 6.09. The Hall–Kier alpha value is -2.97. The molecule has 0 aliphatic heterocycles. The largest absolute Gasteiger partial charge is 0.373 e. The molecule has 0 saturated heterocycles. The number of aromatic nitrogens is 3. The van der Waals surface area contributed by atoms with Gasteiger partial charge in [0, 0.05) is 32.6 Å². The lowest BCUT2D eigenvalue weighted by atomic mass is 10.2. The van der Waals surface area contributed by atoms with Crippen molar-refractivity contribution in [2.45, 2.75) is 6.54 Å². The number of nitrogens with zero attached hydrogens (tertiary/aromatic N) is 4. The molecular formula is C12H14N6O3. The van der Waals surface area contributed by atoms with Gasteiger partial charge in [0.15, 0.2) is 0 Å². The van der Waals surface area contributed by atoms with Crippen molar-refractivity contribution in [3.05, 3.63) is 46.2 Å². The summed E-state index contributed by atoms with van der Waals surface area (Å²) in [7, 11) is 3.17. The van der Waals surface area contributed by atoms with Gasteiger partial charge in [-0.1, -0.05) is 0 Å². The van der Waals surface area contributed by atoms with E-state index >= 15 is 0 Å². The van der Waals surface area contributed by atoms with E-state index in [9.17, 15) is 14.9 Å². The third kappa shape index (κ3) is 3.14. The van der Waals surface area contributed by atoms with Crippen molar-refractivity contribution in [2.75, 3.05) is 19.4 Å². The molecule has 0 aliphatic carbocycles. The zero-order valence-corrected chi connectivity index (χ0v) is 11.5. The fraction of sp³-hybridized carbons (Fsp3) is 0.250. The van der Waals surface area contributed by atoms with Crippen LogP contribution in [0.15, 0.2) is 24.7 Å². The number of aromatic amines is 1. The summed E-state index contributed by atoms with van der Waals surface area (Å²) in [4.78, 5) is 34.9. The zero-order chi connectivity index (χ0) is 15.4. The summed E-state index contributed by atoms with van der Waals surface area (Å²) in [6.07, 6.45) is 4.28. The van der Waals surface area contributed by atoms with Crippen molar-refractivity contribution in [2.24, 2.45) is 0 Å². The molecular weight excluding hydrogens is 276 g/mol. The molecule has 2 heterocycles. The number of carbonyl (C=O) groups is 1. The van der Waals surface area contributed by atoms with Crippen molar-refractivity contribution >= 4 is 17.4 Å². The second-order valence-electron chi connectivity index (χ2n) is 4.29. The van der Waals surface area contributed by atoms with Gasteiger partial charge in [-0.3, -0.25) is 14.9 Å². The average molecular weight is 290 g/mol. The van der Waals surface area contributed by atoms with E-state index in [0.717, 1.165) is 6.20 Å². The minimum Gasteiger partial charge on any atom is -0.373 e. The summed E-state index contributed by atoms with van der Waals surface area (Å²) >= 11 is 0. The van der Waals surface area contributed by atoms with E-state index in [4.69, 9.17) is 0 Å². The van der Waals surface area contributed by atoms with Crippen molar-refractivity contribution in [1.29, 1.82) is 0 Å². The summed E-state index contributed by atoms with van der Waals surface area (Å²) in [5, 5.41) is 13.8. The summed E-state index contributed by atoms with van der Waals surface area (Å²) in [5.74, 6) is 0.503. The smallest absolute Gasteiger partial charge is 0.300 e. The monoisotopic (exact) mass is 290 g/mol. The van der Waals surface area contributed by atoms with E-state index < -0.39 is 10.8 Å². The number of imidazole rings is 1. The minimum absolute atomic E-state index is 0.0200. The predicted octanol–water partition coefficient (Wildman–Crippen LogP) is 1.03. The number of nitrogens with one attached hydrogen (secondary N) is 2. The normalized spacial score (nSPS) is 10.2. The lowest BCUT2D eigenvalue weighted by Crippen LogP contribution is -2.27. The molecule has 0 aromatic carbocycles. The van der Waals surface area contributed by atoms with Gasteiger partial charge in [0.25, 0.3) is 11.6 Å². The van der Waals surface area contributed by atoms with Gasteiger partial charge >= 0.3 is 0 Å². The average Bonchev–Trinajstić information content (AvgIpc) is 2.98. The number of H-pyrrole nitrogens is 1. The lowest BCUT2D eigenvalue weighted by molar-refractivity contribution is -0.385. The van der Waals surface area contributed by atoms with Crippen LogP contribution in [0, 0.1) is 10.1 Å². The molecule has 0 fully saturated rings. The Morgan fingerprint density at radius 1 is 1.52 bits per heavy atom. The van der Waals surface area contributed by atoms with Gasteiger partial charge in [-0.2, -0.15) is 0 Å². The SMILES string of the molecule is CNc1cc(C(=O)N(C)Cc2ncc[nH]2)c([N+](=O)[O-])cn1. The maximum atomic E-state index is 12.4. The standard InChI is InChI=1S/C12H14N6O3/c1-13-10-5-8(9(6-16-10)18(20)21)12(19)17(2)7-11-14-3-4-15-11/h3-6H,7H2,1-2H3,(H,13,16)(H,14,15). The molecule has 1 amide bonds. The zero-order valence-electron chi connectivity index (χ0n) is 11.5. The highest BCUT2D eigenvalue weighted by atomic mass is 16.6. The van der Waals surface area contributed by atoms with Crippen LogP contribution in [0.1, 0.15) is 16.2 Å². The van der Waals surface area contributed by atoms with E-state index in [1.165, 1.54) is 11.0 Å². The third-order valence-electron chi connectivity index (χ3n) is 2.85. The quantitative estimate of drug-likeness (QED) is 0.627. The van der Waals surface area contributed by atoms with Crippen LogP contribution < -0.4 is 5.32 Å². The summed E-state index contributed by atoms with van der Waals surface area (Å²) < 4.78 is 0. The van der Waals surface area contributed by atoms with Crippen LogP contribution in [0.2, 0.25) is 0 Å². The van der Waals surface area contributed by atoms with E-state index in [2.05, 4.69) is 20.3 Å². The van der Waals surface area contributed by atoms with Crippen LogP contribution in [-0.4, -0.2) is 44.8 Å². The first kappa shape index (κ1) is 14.4. The van der Waals surface area contributed by atoms with Crippen LogP contribution in [-0.2, 0) is 6.54 Å². The second-order valence-corrected chi connectivity index (χ2v) is 4.29. The Morgan fingerprint density at radius 3 is 2.86 bits per heavy atom. The maximum absolute atomic E-state index is 12.4. The highest BCUT2D eigenvalue weighted by Gasteiger charge is 2.24. The molecule has 0 atom stereocenters. The van der Waals surface area contributed by atoms with Crippen LogP contribution >= 0.6 is 0 Å². The Bertz CT molecular complexity index is 655. The van der Waals surface area contributed by atoms with E-state index in [1.54, 1.807) is 26.5 Å². The van der Waals surface area contributed by atoms with Gasteiger partial charge in [-0.15, -0.1) is 0 Å². The van der Waals surface area contributed by atoms with Crippen molar-refractivity contribution in [3.63, 3.8) is 0 Å². The van der Waals surface area contributed by atoms with Gasteiger partial charge in [0.05, 0.1) is 11.5 Å². The van der Waals surface area contributed by atoms with Crippen molar-refractivity contribution in [1.82, 2.24) is 19.9 Å². The number of rotatable bonds is 5. The number of anilines is 1. The molecule has 2 rings (SSSR count). The molecule has 0 unspecified atom stereocenters. The number of nitro groups is 1. The molecule has 2 N–H and O–H groups in total. The van der Waals surface area contributed by atoms with Crippen LogP contribution in [0.3, 0.4) is 0 Å². The molecule has 2 aromatic rings. The molecule has 0 spiro atoms. The van der Waals surface area contributed by atoms with Gasteiger partial charge in [-0.05, 0) is 0 Å². The third-order valence-corrected chi connectivity index (χ3v) is 2.85. The Kier molecular flexibility index (Phi) is 4.12. The summed E-state index contributed by atoms with van der Waals surface area (Å²) in [6.45, 7) is 0.222. The van der Waals surface area contributed by atoms with Crippen LogP contribution in [0.5, 0.6) is 0 Å². The lowest BCUT2D eigenvalue weighted by Gasteiger charge is -2.16. The molecule has 0 saturated carbocycles. The Labute approximate surface area is 120 Å². The number of carbonyl (C=O) groups excluding carboxylic acids is 1. The fourth-order valence-corrected chi connectivity index (χ4v) is 1.79. The maximum Gasteiger partial charge on any atom is 0.300 e. The summed E-state index contributed by atoms with van der Waals surface area (Å²) in [5.41, 5.74) is -0.348. The van der Waals surface area contributed by atoms with Crippen molar-refractivity contribution in [3.8, 4) is 0 Å². The van der Waals surface area contributed by atoms with E-state index in [0.29, 0.717) is 11.6 Å². The highest BCUT2D eigenvalue weighted by Crippen LogP contribution is 2.21. The highest BCUT2D eigenvalue weighted by molar-refractivity contribution is 5.98. The Balaban J connectivity index is 2.30. The molecule has 0 aliphatic rings. The number of hydrogen-bond donors (Lipinski definition) is 2. The first-order valence-electron chi connectivity index (χ1n) is 6.09. The molecule has 110 valence electrons. The molecule has 0 bridgehead atoms. The molecule has 21 heavy (non-hydrogen) atoms. The van der Waals surface area contributed by atoms with Gasteiger partial charge in [0.1, 0.15) is 23.4 Å². The Morgan fingerprint density at radius 2 is 2.29 bits per heavy atom. The van der Waals surface area contributed by atoms with Crippen molar-refractivity contribution < 1.29 is 9.72 Å². The topological polar surface area (TPSA) is 117 Å². The number of pyridine rings is 1. The predicted molar refractivity (Wildman–Crippen MR) is 74.8 cm³/mol. The summed E-state index contributed by atoms with van der Waals surface area (Å²) in [6, 6.07) is 1.36. The number of amides is 1. The van der Waals surface area contributed by atoms with Crippen LogP contribution in [0.4, 0.5) is 11.5 Å². The second kappa shape index (κ2) is 5.99.